The van der Waals surface area contributed by atoms with E-state index in [9.17, 15) is 24.3 Å². The lowest BCUT2D eigenvalue weighted by molar-refractivity contribution is -0.362. The average Bonchev–Trinajstić information content (AvgIpc) is 3.52. The molecule has 5 rings (SSSR count). The summed E-state index contributed by atoms with van der Waals surface area (Å²) in [5, 5.41) is 12.0. The van der Waals surface area contributed by atoms with E-state index in [1.54, 1.807) is 52.0 Å². The molecule has 57 heavy (non-hydrogen) atoms. The summed E-state index contributed by atoms with van der Waals surface area (Å²) in [5.74, 6) is -3.35. The number of ketones is 1. The highest BCUT2D eigenvalue weighted by Crippen LogP contribution is 2.41. The molecule has 1 N–H and O–H groups in total. The normalized spacial score (nSPS) is 34.7. The van der Waals surface area contributed by atoms with E-state index in [4.69, 9.17) is 42.6 Å². The fraction of sp³-hybridized carbons (Fsp3) is 0.674. The standard InChI is InChI=1S/C43H60O14/c1-7-16-30-20-15-10-9-14-19-29(44)22-24-32(45)49-25-31-36(53-33(46)23-21-28-17-12-11-13-18-28)37(54-40(48)26(3)8-2)34(47)41(52-31)55-39-38-35(56-43(5,6)57-38)27(4)50-42(39)51-30/h8,11-13,17-18,21,23,27,30-31,34-39,41-42,47H,7,9-10,14-16,19-20,22,24-25H2,1-6H3/b23-21+,26-8+/t27-,30+,31-,34-,35+,36-,37-,38+,39-,41+,42+/m1/s1. The first-order chi connectivity index (χ1) is 27.3. The van der Waals surface area contributed by atoms with Crippen molar-refractivity contribution in [1.29, 1.82) is 0 Å². The van der Waals surface area contributed by atoms with Crippen LogP contribution in [0.5, 0.6) is 0 Å². The number of rotatable bonds is 7. The number of Topliss-reactive ketones (excluding diaryl/α,β-unsaturated/α-hetero) is 1. The van der Waals surface area contributed by atoms with E-state index in [0.717, 1.165) is 44.1 Å². The van der Waals surface area contributed by atoms with E-state index in [1.807, 2.05) is 25.1 Å². The maximum Gasteiger partial charge on any atom is 0.333 e. The van der Waals surface area contributed by atoms with Gasteiger partial charge in [-0.2, -0.15) is 0 Å². The van der Waals surface area contributed by atoms with E-state index < -0.39 is 91.7 Å². The Bertz CT molecular complexity index is 1560. The van der Waals surface area contributed by atoms with Gasteiger partial charge in [-0.05, 0) is 65.5 Å². The van der Waals surface area contributed by atoms with Gasteiger partial charge in [0.1, 0.15) is 42.9 Å². The summed E-state index contributed by atoms with van der Waals surface area (Å²) in [6.45, 7) is 10.2. The predicted molar refractivity (Wildman–Crippen MR) is 205 cm³/mol. The molecule has 0 unspecified atom stereocenters. The zero-order valence-electron chi connectivity index (χ0n) is 34.0. The van der Waals surface area contributed by atoms with E-state index in [2.05, 4.69) is 6.92 Å². The van der Waals surface area contributed by atoms with Crippen LogP contribution in [0.25, 0.3) is 6.08 Å². The van der Waals surface area contributed by atoms with Crippen LogP contribution in [0.1, 0.15) is 111 Å². The molecular formula is C43H60O14. The Morgan fingerprint density at radius 2 is 1.61 bits per heavy atom. The first kappa shape index (κ1) is 44.6. The molecule has 14 heteroatoms. The van der Waals surface area contributed by atoms with Crippen molar-refractivity contribution in [2.75, 3.05) is 6.61 Å². The second-order valence-electron chi connectivity index (χ2n) is 15.6. The number of esters is 3. The Balaban J connectivity index is 1.51. The predicted octanol–water partition coefficient (Wildman–Crippen LogP) is 5.66. The molecule has 2 bridgehead atoms. The quantitative estimate of drug-likeness (QED) is 0.204. The van der Waals surface area contributed by atoms with Crippen molar-refractivity contribution in [3.63, 3.8) is 0 Å². The number of carbonyl (C=O) groups is 4. The maximum absolute atomic E-state index is 13.4. The summed E-state index contributed by atoms with van der Waals surface area (Å²) in [4.78, 5) is 52.4. The van der Waals surface area contributed by atoms with Crippen LogP contribution in [0.3, 0.4) is 0 Å². The van der Waals surface area contributed by atoms with Gasteiger partial charge in [-0.1, -0.05) is 69.0 Å². The summed E-state index contributed by atoms with van der Waals surface area (Å²) in [6, 6.07) is 9.05. The molecule has 4 aliphatic heterocycles. The molecule has 4 heterocycles. The molecule has 1 aromatic carbocycles. The minimum atomic E-state index is -1.74. The van der Waals surface area contributed by atoms with Crippen LogP contribution in [0.15, 0.2) is 48.1 Å². The van der Waals surface area contributed by atoms with Crippen molar-refractivity contribution in [3.8, 4) is 0 Å². The van der Waals surface area contributed by atoms with Gasteiger partial charge < -0.3 is 47.7 Å². The number of ether oxygens (including phenoxy) is 9. The highest BCUT2D eigenvalue weighted by molar-refractivity contribution is 5.88. The molecule has 316 valence electrons. The average molecular weight is 801 g/mol. The van der Waals surface area contributed by atoms with Gasteiger partial charge in [-0.25, -0.2) is 9.59 Å². The molecule has 1 aromatic rings. The number of aliphatic hydroxyl groups excluding tert-OH is 1. The van der Waals surface area contributed by atoms with Gasteiger partial charge in [-0.3, -0.25) is 9.59 Å². The molecule has 0 saturated carbocycles. The Kier molecular flexibility index (Phi) is 16.4. The minimum absolute atomic E-state index is 0.00918. The summed E-state index contributed by atoms with van der Waals surface area (Å²) in [6.07, 6.45) is -1.47. The Labute approximate surface area is 335 Å². The lowest BCUT2D eigenvalue weighted by Gasteiger charge is -2.47. The SMILES string of the molecule is C/C=C(\C)C(=O)O[C@@H]1[C@@H](O)[C@@H]2O[C@H]3[C@H](O[C@@H](CCC)CCCCCCC(=O)CCC(=O)OC[C@@H](O2)[C@H]1OC(=O)/C=C/c1ccccc1)O[C@H](C)[C@@H]1OC(C)(C)O[C@@H]13. The van der Waals surface area contributed by atoms with Gasteiger partial charge >= 0.3 is 17.9 Å². The van der Waals surface area contributed by atoms with Crippen LogP contribution in [0, 0.1) is 0 Å². The number of aliphatic hydroxyl groups is 1. The number of hydrogen-bond acceptors (Lipinski definition) is 14. The van der Waals surface area contributed by atoms with Gasteiger partial charge in [0.25, 0.3) is 0 Å². The number of carbonyl (C=O) groups excluding carboxylic acids is 4. The number of fused-ring (bicyclic) bond motifs is 5. The van der Waals surface area contributed by atoms with Crippen LogP contribution in [0.4, 0.5) is 0 Å². The van der Waals surface area contributed by atoms with Crippen LogP contribution in [-0.4, -0.2) is 109 Å². The smallest absolute Gasteiger partial charge is 0.333 e. The molecule has 0 spiro atoms. The summed E-state index contributed by atoms with van der Waals surface area (Å²) in [7, 11) is 0. The molecule has 4 fully saturated rings. The highest BCUT2D eigenvalue weighted by Gasteiger charge is 2.58. The van der Waals surface area contributed by atoms with Crippen molar-refractivity contribution < 1.29 is 66.9 Å². The summed E-state index contributed by atoms with van der Waals surface area (Å²) < 4.78 is 56.1. The molecule has 0 radical (unpaired) electrons. The van der Waals surface area contributed by atoms with Crippen LogP contribution >= 0.6 is 0 Å². The summed E-state index contributed by atoms with van der Waals surface area (Å²) >= 11 is 0. The molecule has 14 nitrogen and oxygen atoms in total. The fourth-order valence-corrected chi connectivity index (χ4v) is 7.47. The third-order valence-electron chi connectivity index (χ3n) is 10.6. The summed E-state index contributed by atoms with van der Waals surface area (Å²) in [5.41, 5.74) is 0.954. The van der Waals surface area contributed by atoms with Crippen LogP contribution in [0.2, 0.25) is 0 Å². The molecule has 4 saturated heterocycles. The second-order valence-corrected chi connectivity index (χ2v) is 15.6. The largest absolute Gasteiger partial charge is 0.463 e. The van der Waals surface area contributed by atoms with E-state index in [0.29, 0.717) is 12.8 Å². The zero-order valence-corrected chi connectivity index (χ0v) is 34.0. The molecule has 0 aromatic heterocycles. The topological polar surface area (TPSA) is 172 Å². The van der Waals surface area contributed by atoms with E-state index in [-0.39, 0.29) is 30.3 Å². The number of allylic oxidation sites excluding steroid dienone is 1. The van der Waals surface area contributed by atoms with Crippen molar-refractivity contribution in [1.82, 2.24) is 0 Å². The lowest BCUT2D eigenvalue weighted by atomic mass is 9.96. The third-order valence-corrected chi connectivity index (χ3v) is 10.6. The van der Waals surface area contributed by atoms with Crippen LogP contribution in [-0.2, 0) is 61.8 Å². The fourth-order valence-electron chi connectivity index (χ4n) is 7.47. The molecule has 4 aliphatic rings. The monoisotopic (exact) mass is 800 g/mol. The van der Waals surface area contributed by atoms with Gasteiger partial charge in [0.05, 0.1) is 18.6 Å². The van der Waals surface area contributed by atoms with Crippen molar-refractivity contribution in [2.24, 2.45) is 0 Å². The molecular weight excluding hydrogens is 740 g/mol. The van der Waals surface area contributed by atoms with Gasteiger partial charge in [0.2, 0.25) is 0 Å². The van der Waals surface area contributed by atoms with Crippen molar-refractivity contribution in [3.05, 3.63) is 53.6 Å². The molecule has 0 aliphatic carbocycles. The van der Waals surface area contributed by atoms with Gasteiger partial charge in [0, 0.05) is 24.5 Å². The Morgan fingerprint density at radius 1 is 0.877 bits per heavy atom. The minimum Gasteiger partial charge on any atom is -0.463 e. The molecule has 11 atom stereocenters. The van der Waals surface area contributed by atoms with Crippen LogP contribution < -0.4 is 0 Å². The van der Waals surface area contributed by atoms with E-state index >= 15 is 0 Å². The van der Waals surface area contributed by atoms with Crippen molar-refractivity contribution in [2.45, 2.75) is 179 Å². The molecule has 0 amide bonds. The Morgan fingerprint density at radius 3 is 2.35 bits per heavy atom. The van der Waals surface area contributed by atoms with Gasteiger partial charge in [-0.15, -0.1) is 0 Å². The number of hydrogen-bond donors (Lipinski definition) is 1. The van der Waals surface area contributed by atoms with Crippen molar-refractivity contribution >= 4 is 29.8 Å². The van der Waals surface area contributed by atoms with Gasteiger partial charge in [0.15, 0.2) is 30.6 Å². The third kappa shape index (κ3) is 12.5. The number of benzene rings is 1. The first-order valence-electron chi connectivity index (χ1n) is 20.4. The zero-order chi connectivity index (χ0) is 41.1. The Hall–Kier alpha value is -3.50. The van der Waals surface area contributed by atoms with E-state index in [1.165, 1.54) is 6.08 Å². The maximum atomic E-state index is 13.4. The lowest BCUT2D eigenvalue weighted by Crippen LogP contribution is -2.65. The first-order valence-corrected chi connectivity index (χ1v) is 20.4. The number of cyclic esters (lactones) is 1. The highest BCUT2D eigenvalue weighted by atomic mass is 16.8. The second kappa shape index (κ2) is 21.0.